The number of benzene rings is 1. The molecule has 0 bridgehead atoms. The zero-order chi connectivity index (χ0) is 16.6. The van der Waals surface area contributed by atoms with Crippen LogP contribution in [0, 0.1) is 0 Å². The maximum Gasteiger partial charge on any atom is 0.241 e. The van der Waals surface area contributed by atoms with Gasteiger partial charge in [-0.2, -0.15) is 5.10 Å². The normalized spacial score (nSPS) is 18.4. The van der Waals surface area contributed by atoms with Crippen LogP contribution in [-0.2, 0) is 17.8 Å². The summed E-state index contributed by atoms with van der Waals surface area (Å²) in [5, 5.41) is 7.23. The van der Waals surface area contributed by atoms with Crippen LogP contribution in [0.25, 0.3) is 0 Å². The third-order valence-electron chi connectivity index (χ3n) is 4.52. The van der Waals surface area contributed by atoms with E-state index in [1.807, 2.05) is 12.3 Å². The van der Waals surface area contributed by atoms with E-state index in [4.69, 9.17) is 0 Å². The maximum atomic E-state index is 12.1. The van der Waals surface area contributed by atoms with Crippen LogP contribution in [0.15, 0.2) is 48.8 Å². The number of hydrogen-bond donors (Lipinski definition) is 1. The highest BCUT2D eigenvalue weighted by Gasteiger charge is 2.21. The first kappa shape index (κ1) is 16.7. The molecule has 1 aromatic carbocycles. The van der Waals surface area contributed by atoms with Crippen molar-refractivity contribution in [2.75, 3.05) is 19.6 Å². The fraction of sp³-hybridized carbons (Fsp3) is 0.474. The van der Waals surface area contributed by atoms with Crippen molar-refractivity contribution < 1.29 is 4.79 Å². The zero-order valence-electron chi connectivity index (χ0n) is 14.1. The van der Waals surface area contributed by atoms with Crippen molar-refractivity contribution in [3.05, 3.63) is 54.4 Å². The van der Waals surface area contributed by atoms with Crippen molar-refractivity contribution in [1.29, 1.82) is 0 Å². The molecule has 0 unspecified atom stereocenters. The lowest BCUT2D eigenvalue weighted by atomic mass is 10.0. The molecule has 1 aromatic heterocycles. The largest absolute Gasteiger partial charge is 0.350 e. The first-order valence-electron chi connectivity index (χ1n) is 8.83. The zero-order valence-corrected chi connectivity index (χ0v) is 14.1. The lowest BCUT2D eigenvalue weighted by Gasteiger charge is -2.33. The summed E-state index contributed by atoms with van der Waals surface area (Å²) in [5.41, 5.74) is 1.40. The van der Waals surface area contributed by atoms with E-state index in [1.165, 1.54) is 5.56 Å². The number of aryl methyl sites for hydroxylation is 1. The Balaban J connectivity index is 1.38. The molecule has 0 radical (unpaired) electrons. The first-order chi connectivity index (χ1) is 11.8. The Kier molecular flexibility index (Phi) is 6.01. The molecule has 2 heterocycles. The van der Waals surface area contributed by atoms with E-state index in [-0.39, 0.29) is 11.9 Å². The van der Waals surface area contributed by atoms with Gasteiger partial charge in [-0.3, -0.25) is 9.48 Å². The summed E-state index contributed by atoms with van der Waals surface area (Å²) in [6, 6.07) is 12.7. The molecular formula is C19H26N4O. The second-order valence-electron chi connectivity index (χ2n) is 6.50. The van der Waals surface area contributed by atoms with Crippen molar-refractivity contribution in [1.82, 2.24) is 20.0 Å². The molecule has 128 valence electrons. The van der Waals surface area contributed by atoms with Gasteiger partial charge in [0.1, 0.15) is 6.54 Å². The number of nitrogens with zero attached hydrogens (tertiary/aromatic N) is 3. The highest BCUT2D eigenvalue weighted by molar-refractivity contribution is 5.75. The number of carbonyl (C=O) groups is 1. The quantitative estimate of drug-likeness (QED) is 0.848. The van der Waals surface area contributed by atoms with E-state index in [1.54, 1.807) is 10.9 Å². The van der Waals surface area contributed by atoms with Gasteiger partial charge < -0.3 is 10.2 Å². The molecule has 5 nitrogen and oxygen atoms in total. The Hall–Kier alpha value is -2.14. The maximum absolute atomic E-state index is 12.1. The minimum Gasteiger partial charge on any atom is -0.350 e. The predicted molar refractivity (Wildman–Crippen MR) is 94.6 cm³/mol. The third kappa shape index (κ3) is 5.20. The van der Waals surface area contributed by atoms with E-state index < -0.39 is 0 Å². The summed E-state index contributed by atoms with van der Waals surface area (Å²) in [6.45, 7) is 3.50. The average Bonchev–Trinajstić information content (AvgIpc) is 3.09. The molecule has 1 atom stereocenters. The van der Waals surface area contributed by atoms with Crippen LogP contribution in [0.1, 0.15) is 24.8 Å². The molecule has 0 spiro atoms. The first-order valence-corrected chi connectivity index (χ1v) is 8.83. The Bertz CT molecular complexity index is 612. The molecule has 2 aromatic rings. The summed E-state index contributed by atoms with van der Waals surface area (Å²) >= 11 is 0. The van der Waals surface area contributed by atoms with Gasteiger partial charge in [0, 0.05) is 25.0 Å². The molecule has 1 aliphatic rings. The Morgan fingerprint density at radius 2 is 2.12 bits per heavy atom. The smallest absolute Gasteiger partial charge is 0.241 e. The van der Waals surface area contributed by atoms with Gasteiger partial charge in [0.2, 0.25) is 5.91 Å². The van der Waals surface area contributed by atoms with E-state index in [0.717, 1.165) is 45.3 Å². The fourth-order valence-electron chi connectivity index (χ4n) is 3.34. The van der Waals surface area contributed by atoms with Crippen molar-refractivity contribution in [2.45, 2.75) is 38.3 Å². The van der Waals surface area contributed by atoms with Crippen molar-refractivity contribution in [2.24, 2.45) is 0 Å². The molecule has 1 saturated heterocycles. The van der Waals surface area contributed by atoms with Crippen LogP contribution in [0.3, 0.4) is 0 Å². The SMILES string of the molecule is O=C(Cn1cccn1)N[C@H]1CCCN(CCCc2ccccc2)C1. The number of aromatic nitrogens is 2. The number of likely N-dealkylation sites (tertiary alicyclic amines) is 1. The van der Waals surface area contributed by atoms with Crippen molar-refractivity contribution in [3.8, 4) is 0 Å². The highest BCUT2D eigenvalue weighted by atomic mass is 16.2. The number of nitrogens with one attached hydrogen (secondary N) is 1. The Morgan fingerprint density at radius 3 is 2.92 bits per heavy atom. The molecule has 1 amide bonds. The summed E-state index contributed by atoms with van der Waals surface area (Å²) in [4.78, 5) is 14.6. The minimum absolute atomic E-state index is 0.0508. The van der Waals surface area contributed by atoms with E-state index in [9.17, 15) is 4.79 Å². The van der Waals surface area contributed by atoms with Crippen molar-refractivity contribution in [3.63, 3.8) is 0 Å². The van der Waals surface area contributed by atoms with Gasteiger partial charge in [-0.05, 0) is 50.4 Å². The van der Waals surface area contributed by atoms with Crippen LogP contribution in [0.4, 0.5) is 0 Å². The second-order valence-corrected chi connectivity index (χ2v) is 6.50. The Morgan fingerprint density at radius 1 is 1.25 bits per heavy atom. The number of carbonyl (C=O) groups excluding carboxylic acids is 1. The number of amides is 1. The van der Waals surface area contributed by atoms with Gasteiger partial charge in [0.05, 0.1) is 0 Å². The summed E-state index contributed by atoms with van der Waals surface area (Å²) in [6.07, 6.45) is 8.02. The Labute approximate surface area is 143 Å². The molecule has 1 N–H and O–H groups in total. The molecule has 1 aliphatic heterocycles. The third-order valence-corrected chi connectivity index (χ3v) is 4.52. The number of rotatable bonds is 7. The van der Waals surface area contributed by atoms with Gasteiger partial charge in [-0.25, -0.2) is 0 Å². The molecular weight excluding hydrogens is 300 g/mol. The fourth-order valence-corrected chi connectivity index (χ4v) is 3.34. The van der Waals surface area contributed by atoms with Gasteiger partial charge in [0.15, 0.2) is 0 Å². The van der Waals surface area contributed by atoms with Gasteiger partial charge in [-0.15, -0.1) is 0 Å². The van der Waals surface area contributed by atoms with Gasteiger partial charge in [0.25, 0.3) is 0 Å². The summed E-state index contributed by atoms with van der Waals surface area (Å²) in [5.74, 6) is 0.0508. The molecule has 0 aliphatic carbocycles. The van der Waals surface area contributed by atoms with Gasteiger partial charge >= 0.3 is 0 Å². The van der Waals surface area contributed by atoms with Crippen LogP contribution in [0.2, 0.25) is 0 Å². The number of hydrogen-bond acceptors (Lipinski definition) is 3. The summed E-state index contributed by atoms with van der Waals surface area (Å²) in [7, 11) is 0. The molecule has 5 heteroatoms. The molecule has 1 fully saturated rings. The standard InChI is InChI=1S/C19H26N4O/c24-19(16-23-14-6-11-20-23)21-18-10-5-13-22(15-18)12-4-9-17-7-2-1-3-8-17/h1-3,6-8,11,14,18H,4-5,9-10,12-13,15-16H2,(H,21,24)/t18-/m0/s1. The second kappa shape index (κ2) is 8.64. The van der Waals surface area contributed by atoms with Crippen LogP contribution < -0.4 is 5.32 Å². The van der Waals surface area contributed by atoms with E-state index in [0.29, 0.717) is 6.54 Å². The topological polar surface area (TPSA) is 50.2 Å². The molecule has 0 saturated carbocycles. The van der Waals surface area contributed by atoms with Crippen LogP contribution >= 0.6 is 0 Å². The average molecular weight is 326 g/mol. The van der Waals surface area contributed by atoms with Gasteiger partial charge in [-0.1, -0.05) is 30.3 Å². The van der Waals surface area contributed by atoms with E-state index in [2.05, 4.69) is 45.6 Å². The van der Waals surface area contributed by atoms with Crippen molar-refractivity contribution >= 4 is 5.91 Å². The van der Waals surface area contributed by atoms with E-state index >= 15 is 0 Å². The lowest BCUT2D eigenvalue weighted by molar-refractivity contribution is -0.122. The van der Waals surface area contributed by atoms with Crippen LogP contribution in [0.5, 0.6) is 0 Å². The lowest BCUT2D eigenvalue weighted by Crippen LogP contribution is -2.48. The molecule has 24 heavy (non-hydrogen) atoms. The molecule has 3 rings (SSSR count). The minimum atomic E-state index is 0.0508. The predicted octanol–water partition coefficient (Wildman–Crippen LogP) is 2.10. The summed E-state index contributed by atoms with van der Waals surface area (Å²) < 4.78 is 1.66. The highest BCUT2D eigenvalue weighted by Crippen LogP contribution is 2.12. The monoisotopic (exact) mass is 326 g/mol. The van der Waals surface area contributed by atoms with Crippen LogP contribution in [-0.4, -0.2) is 46.3 Å². The number of piperidine rings is 1.